The smallest absolute Gasteiger partial charge is 0.338 e. The largest absolute Gasteiger partial charge is 0.478 e. The summed E-state index contributed by atoms with van der Waals surface area (Å²) in [6, 6.07) is 5.83. The average Bonchev–Trinajstić information content (AvgIpc) is 3.52. The molecule has 0 unspecified atom stereocenters. The Hall–Kier alpha value is -3.10. The van der Waals surface area contributed by atoms with E-state index in [2.05, 4.69) is 15.0 Å². The lowest BCUT2D eigenvalue weighted by molar-refractivity contribution is 0.0696. The fourth-order valence-electron chi connectivity index (χ4n) is 4.08. The van der Waals surface area contributed by atoms with Crippen LogP contribution in [-0.2, 0) is 6.54 Å². The molecule has 8 nitrogen and oxygen atoms in total. The molecule has 158 valence electrons. The minimum absolute atomic E-state index is 0.125. The van der Waals surface area contributed by atoms with Crippen LogP contribution in [0, 0.1) is 0 Å². The van der Waals surface area contributed by atoms with Gasteiger partial charge in [-0.15, -0.1) is 0 Å². The van der Waals surface area contributed by atoms with Crippen molar-refractivity contribution in [1.82, 2.24) is 24.3 Å². The van der Waals surface area contributed by atoms with E-state index in [4.69, 9.17) is 33.3 Å². The summed E-state index contributed by atoms with van der Waals surface area (Å²) in [5.74, 6) is -0.198. The molecular formula is C21H18Cl2N6O2. The van der Waals surface area contributed by atoms with Gasteiger partial charge in [-0.05, 0) is 25.0 Å². The van der Waals surface area contributed by atoms with E-state index in [0.717, 1.165) is 36.3 Å². The fourth-order valence-corrected chi connectivity index (χ4v) is 4.44. The second kappa shape index (κ2) is 7.86. The molecule has 1 saturated heterocycles. The number of benzene rings is 1. The van der Waals surface area contributed by atoms with Crippen molar-refractivity contribution < 1.29 is 9.90 Å². The van der Waals surface area contributed by atoms with Gasteiger partial charge in [0.1, 0.15) is 5.82 Å². The van der Waals surface area contributed by atoms with Gasteiger partial charge in [0.15, 0.2) is 0 Å². The van der Waals surface area contributed by atoms with Gasteiger partial charge in [0.25, 0.3) is 0 Å². The topological polar surface area (TPSA) is 89.1 Å². The van der Waals surface area contributed by atoms with Crippen LogP contribution in [0.15, 0.2) is 49.3 Å². The molecule has 1 fully saturated rings. The Morgan fingerprint density at radius 3 is 2.90 bits per heavy atom. The summed E-state index contributed by atoms with van der Waals surface area (Å²) in [5.41, 5.74) is 1.72. The molecule has 0 radical (unpaired) electrons. The zero-order valence-electron chi connectivity index (χ0n) is 16.3. The van der Waals surface area contributed by atoms with Crippen molar-refractivity contribution in [1.29, 1.82) is 0 Å². The first-order chi connectivity index (χ1) is 15.0. The van der Waals surface area contributed by atoms with E-state index in [1.54, 1.807) is 29.5 Å². The molecular weight excluding hydrogens is 439 g/mol. The monoisotopic (exact) mass is 456 g/mol. The van der Waals surface area contributed by atoms with Crippen LogP contribution in [0.3, 0.4) is 0 Å². The minimum atomic E-state index is -0.984. The average molecular weight is 457 g/mol. The second-order valence-electron chi connectivity index (χ2n) is 7.47. The van der Waals surface area contributed by atoms with Crippen LogP contribution in [0.2, 0.25) is 10.0 Å². The maximum absolute atomic E-state index is 11.2. The number of hydrogen-bond acceptors (Lipinski definition) is 5. The standard InChI is InChI=1S/C21H18Cl2N6O2/c22-16-4-3-15-17(27-7-5-24-12-27)8-18(26-20(15)19(16)23)29-6-1-2-14(29)11-28-10-13(9-25-28)21(30)31/h3-5,7-10,12,14H,1-2,6,11H2,(H,30,31)/t14-/m0/s1. The Bertz CT molecular complexity index is 1270. The summed E-state index contributed by atoms with van der Waals surface area (Å²) in [7, 11) is 0. The number of halogens is 2. The van der Waals surface area contributed by atoms with E-state index in [-0.39, 0.29) is 11.6 Å². The van der Waals surface area contributed by atoms with E-state index in [9.17, 15) is 4.79 Å². The van der Waals surface area contributed by atoms with Crippen molar-refractivity contribution in [3.63, 3.8) is 0 Å². The Labute approximate surface area is 187 Å². The second-order valence-corrected chi connectivity index (χ2v) is 8.26. The maximum Gasteiger partial charge on any atom is 0.338 e. The van der Waals surface area contributed by atoms with E-state index in [1.807, 2.05) is 22.9 Å². The Morgan fingerprint density at radius 1 is 1.29 bits per heavy atom. The molecule has 0 saturated carbocycles. The van der Waals surface area contributed by atoms with Crippen molar-refractivity contribution in [3.8, 4) is 5.69 Å². The van der Waals surface area contributed by atoms with Gasteiger partial charge in [-0.2, -0.15) is 5.10 Å². The number of hydrogen-bond donors (Lipinski definition) is 1. The number of fused-ring (bicyclic) bond motifs is 1. The molecule has 10 heteroatoms. The molecule has 1 aromatic carbocycles. The minimum Gasteiger partial charge on any atom is -0.478 e. The van der Waals surface area contributed by atoms with Gasteiger partial charge in [-0.25, -0.2) is 14.8 Å². The number of imidazole rings is 1. The lowest BCUT2D eigenvalue weighted by Gasteiger charge is -2.27. The fraction of sp³-hybridized carbons (Fsp3) is 0.238. The molecule has 0 amide bonds. The summed E-state index contributed by atoms with van der Waals surface area (Å²) < 4.78 is 3.60. The Morgan fingerprint density at radius 2 is 2.16 bits per heavy atom. The summed E-state index contributed by atoms with van der Waals surface area (Å²) in [4.78, 5) is 22.4. The Kier molecular flexibility index (Phi) is 5.03. The molecule has 4 heterocycles. The summed E-state index contributed by atoms with van der Waals surface area (Å²) in [6.45, 7) is 1.40. The van der Waals surface area contributed by atoms with Crippen molar-refractivity contribution >= 4 is 45.9 Å². The first-order valence-corrected chi connectivity index (χ1v) is 10.6. The van der Waals surface area contributed by atoms with Gasteiger partial charge < -0.3 is 14.6 Å². The zero-order valence-corrected chi connectivity index (χ0v) is 17.8. The van der Waals surface area contributed by atoms with Gasteiger partial charge in [0, 0.05) is 36.6 Å². The van der Waals surface area contributed by atoms with Crippen LogP contribution < -0.4 is 4.90 Å². The maximum atomic E-state index is 11.2. The van der Waals surface area contributed by atoms with E-state index in [1.165, 1.54) is 6.20 Å². The van der Waals surface area contributed by atoms with Gasteiger partial charge >= 0.3 is 5.97 Å². The Balaban J connectivity index is 1.56. The SMILES string of the molecule is O=C(O)c1cnn(C[C@@H]2CCCN2c2cc(-n3ccnc3)c3ccc(Cl)c(Cl)c3n2)c1. The molecule has 1 aliphatic rings. The van der Waals surface area contributed by atoms with Gasteiger partial charge in [0.2, 0.25) is 0 Å². The van der Waals surface area contributed by atoms with Crippen LogP contribution in [0.25, 0.3) is 16.6 Å². The van der Waals surface area contributed by atoms with Crippen molar-refractivity contribution in [2.45, 2.75) is 25.4 Å². The van der Waals surface area contributed by atoms with E-state index < -0.39 is 5.97 Å². The van der Waals surface area contributed by atoms with Crippen LogP contribution in [0.1, 0.15) is 23.2 Å². The highest BCUT2D eigenvalue weighted by molar-refractivity contribution is 6.45. The number of aromatic carboxylic acids is 1. The first-order valence-electron chi connectivity index (χ1n) is 9.81. The number of carboxylic acids is 1. The summed E-state index contributed by atoms with van der Waals surface area (Å²) in [6.07, 6.45) is 10.2. The lowest BCUT2D eigenvalue weighted by Crippen LogP contribution is -2.33. The number of rotatable bonds is 5. The third-order valence-electron chi connectivity index (χ3n) is 5.57. The number of carboxylic acid groups (broad SMARTS) is 1. The van der Waals surface area contributed by atoms with Crippen LogP contribution >= 0.6 is 23.2 Å². The molecule has 31 heavy (non-hydrogen) atoms. The van der Waals surface area contributed by atoms with Crippen molar-refractivity contribution in [2.24, 2.45) is 0 Å². The van der Waals surface area contributed by atoms with Gasteiger partial charge in [-0.3, -0.25) is 4.68 Å². The van der Waals surface area contributed by atoms with Gasteiger partial charge in [0.05, 0.1) is 51.9 Å². The lowest BCUT2D eigenvalue weighted by atomic mass is 10.1. The van der Waals surface area contributed by atoms with Crippen LogP contribution in [0.4, 0.5) is 5.82 Å². The zero-order chi connectivity index (χ0) is 21.5. The molecule has 1 atom stereocenters. The van der Waals surface area contributed by atoms with E-state index in [0.29, 0.717) is 22.1 Å². The molecule has 4 aromatic rings. The molecule has 1 N–H and O–H groups in total. The number of carbonyl (C=O) groups is 1. The van der Waals surface area contributed by atoms with Crippen LogP contribution in [0.5, 0.6) is 0 Å². The summed E-state index contributed by atoms with van der Waals surface area (Å²) in [5, 5.41) is 15.1. The van der Waals surface area contributed by atoms with Crippen LogP contribution in [-0.4, -0.2) is 48.0 Å². The molecule has 0 bridgehead atoms. The van der Waals surface area contributed by atoms with Crippen molar-refractivity contribution in [2.75, 3.05) is 11.4 Å². The van der Waals surface area contributed by atoms with Crippen molar-refractivity contribution in [3.05, 3.63) is 64.9 Å². The normalized spacial score (nSPS) is 16.3. The molecule has 5 rings (SSSR count). The third-order valence-corrected chi connectivity index (χ3v) is 6.36. The van der Waals surface area contributed by atoms with E-state index >= 15 is 0 Å². The highest BCUT2D eigenvalue weighted by atomic mass is 35.5. The highest BCUT2D eigenvalue weighted by Gasteiger charge is 2.28. The number of pyridine rings is 1. The van der Waals surface area contributed by atoms with Gasteiger partial charge in [-0.1, -0.05) is 23.2 Å². The molecule has 1 aliphatic heterocycles. The molecule has 3 aromatic heterocycles. The third kappa shape index (κ3) is 3.62. The number of anilines is 1. The highest BCUT2D eigenvalue weighted by Crippen LogP contribution is 2.36. The summed E-state index contributed by atoms with van der Waals surface area (Å²) >= 11 is 12.8. The first kappa shape index (κ1) is 19.8. The molecule has 0 spiro atoms. The number of aromatic nitrogens is 5. The number of nitrogens with zero attached hydrogens (tertiary/aromatic N) is 6. The quantitative estimate of drug-likeness (QED) is 0.481. The molecule has 0 aliphatic carbocycles. The predicted molar refractivity (Wildman–Crippen MR) is 118 cm³/mol. The predicted octanol–water partition coefficient (Wildman–Crippen LogP) is 4.29.